The summed E-state index contributed by atoms with van der Waals surface area (Å²) in [4.78, 5) is 13.3. The first-order valence-electron chi connectivity index (χ1n) is 8.47. The van der Waals surface area contributed by atoms with Gasteiger partial charge in [-0.2, -0.15) is 0 Å². The summed E-state index contributed by atoms with van der Waals surface area (Å²) in [7, 11) is 0. The molecule has 1 unspecified atom stereocenters. The molecule has 0 heterocycles. The number of primary amides is 1. The topological polar surface area (TPSA) is 55.6 Å². The van der Waals surface area contributed by atoms with Gasteiger partial charge in [0, 0.05) is 24.2 Å². The fraction of sp³-hybridized carbons (Fsp3) is 0.350. The zero-order valence-electron chi connectivity index (χ0n) is 14.7. The molecule has 0 aliphatic carbocycles. The minimum atomic E-state index is -0.481. The molecule has 2 N–H and O–H groups in total. The van der Waals surface area contributed by atoms with Gasteiger partial charge in [-0.05, 0) is 42.7 Å². The number of hydrogen-bond donors (Lipinski definition) is 1. The van der Waals surface area contributed by atoms with Crippen LogP contribution in [-0.2, 0) is 17.9 Å². The third-order valence-corrected chi connectivity index (χ3v) is 4.58. The van der Waals surface area contributed by atoms with E-state index >= 15 is 0 Å². The maximum absolute atomic E-state index is 10.9. The maximum Gasteiger partial charge on any atom is 0.255 e. The Labute approximate surface area is 154 Å². The Morgan fingerprint density at radius 3 is 2.64 bits per heavy atom. The fourth-order valence-electron chi connectivity index (χ4n) is 2.59. The van der Waals surface area contributed by atoms with Gasteiger partial charge >= 0.3 is 0 Å². The molecule has 0 saturated carbocycles. The summed E-state index contributed by atoms with van der Waals surface area (Å²) < 4.78 is 5.40. The Morgan fingerprint density at radius 2 is 1.96 bits per heavy atom. The molecule has 0 aromatic heterocycles. The number of hydrogen-bond acceptors (Lipinski definition) is 3. The van der Waals surface area contributed by atoms with Crippen LogP contribution in [0.4, 0.5) is 0 Å². The zero-order valence-corrected chi connectivity index (χ0v) is 15.5. The number of benzene rings is 2. The van der Waals surface area contributed by atoms with Crippen LogP contribution in [0.3, 0.4) is 0 Å². The average Bonchev–Trinajstić information content (AvgIpc) is 2.61. The van der Waals surface area contributed by atoms with Crippen LogP contribution in [-0.4, -0.2) is 23.5 Å². The second kappa shape index (κ2) is 9.44. The van der Waals surface area contributed by atoms with Gasteiger partial charge in [-0.3, -0.25) is 9.69 Å². The Bertz CT molecular complexity index is 706. The van der Waals surface area contributed by atoms with Gasteiger partial charge in [0.25, 0.3) is 5.91 Å². The number of halogens is 1. The van der Waals surface area contributed by atoms with Crippen LogP contribution in [0.1, 0.15) is 31.4 Å². The van der Waals surface area contributed by atoms with Crippen molar-refractivity contribution < 1.29 is 9.53 Å². The Hall–Kier alpha value is -2.04. The smallest absolute Gasteiger partial charge is 0.255 e. The molecule has 134 valence electrons. The van der Waals surface area contributed by atoms with Crippen LogP contribution in [0.15, 0.2) is 48.5 Å². The van der Waals surface area contributed by atoms with E-state index in [1.165, 1.54) is 0 Å². The molecule has 0 saturated heterocycles. The molecule has 25 heavy (non-hydrogen) atoms. The Balaban J connectivity index is 2.13. The van der Waals surface area contributed by atoms with Gasteiger partial charge in [0.05, 0.1) is 0 Å². The molecular formula is C20H25ClN2O2. The van der Waals surface area contributed by atoms with E-state index in [1.807, 2.05) is 36.4 Å². The number of ether oxygens (including phenoxy) is 1. The van der Waals surface area contributed by atoms with Crippen LogP contribution in [0.25, 0.3) is 0 Å². The van der Waals surface area contributed by atoms with Crippen molar-refractivity contribution in [3.05, 3.63) is 64.7 Å². The van der Waals surface area contributed by atoms with E-state index in [9.17, 15) is 4.79 Å². The van der Waals surface area contributed by atoms with E-state index in [0.29, 0.717) is 11.8 Å². The van der Waals surface area contributed by atoms with E-state index in [2.05, 4.69) is 30.9 Å². The van der Waals surface area contributed by atoms with Crippen molar-refractivity contribution in [2.24, 2.45) is 5.73 Å². The van der Waals surface area contributed by atoms with Crippen molar-refractivity contribution in [1.82, 2.24) is 4.90 Å². The summed E-state index contributed by atoms with van der Waals surface area (Å²) in [6, 6.07) is 16.1. The van der Waals surface area contributed by atoms with Crippen molar-refractivity contribution in [3.8, 4) is 5.75 Å². The SMILES string of the molecule is CCC(C)N(Cc1cccc(OCC(N)=O)c1)Cc1ccccc1Cl. The lowest BCUT2D eigenvalue weighted by Gasteiger charge is -2.29. The molecule has 4 nitrogen and oxygen atoms in total. The van der Waals surface area contributed by atoms with Crippen molar-refractivity contribution >= 4 is 17.5 Å². The highest BCUT2D eigenvalue weighted by Gasteiger charge is 2.15. The fourth-order valence-corrected chi connectivity index (χ4v) is 2.79. The Kier molecular flexibility index (Phi) is 7.29. The molecule has 1 atom stereocenters. The molecule has 1 amide bonds. The van der Waals surface area contributed by atoms with Crippen molar-refractivity contribution in [3.63, 3.8) is 0 Å². The number of carbonyl (C=O) groups excluding carboxylic acids is 1. The molecule has 0 radical (unpaired) electrons. The number of carbonyl (C=O) groups is 1. The third kappa shape index (κ3) is 6.07. The first kappa shape index (κ1) is 19.3. The van der Waals surface area contributed by atoms with Crippen molar-refractivity contribution in [2.45, 2.75) is 39.4 Å². The predicted molar refractivity (Wildman–Crippen MR) is 102 cm³/mol. The minimum absolute atomic E-state index is 0.113. The summed E-state index contributed by atoms with van der Waals surface area (Å²) in [5, 5.41) is 0.786. The lowest BCUT2D eigenvalue weighted by molar-refractivity contribution is -0.119. The normalized spacial score (nSPS) is 12.2. The van der Waals surface area contributed by atoms with Gasteiger partial charge in [0.15, 0.2) is 6.61 Å². The van der Waals surface area contributed by atoms with Gasteiger partial charge in [0.1, 0.15) is 5.75 Å². The highest BCUT2D eigenvalue weighted by atomic mass is 35.5. The highest BCUT2D eigenvalue weighted by molar-refractivity contribution is 6.31. The number of amides is 1. The second-order valence-electron chi connectivity index (χ2n) is 6.16. The van der Waals surface area contributed by atoms with E-state index in [0.717, 1.165) is 35.7 Å². The quantitative estimate of drug-likeness (QED) is 0.735. The van der Waals surface area contributed by atoms with Crippen LogP contribution in [0.2, 0.25) is 5.02 Å². The van der Waals surface area contributed by atoms with Crippen LogP contribution >= 0.6 is 11.6 Å². The Morgan fingerprint density at radius 1 is 1.20 bits per heavy atom. The van der Waals surface area contributed by atoms with Gasteiger partial charge in [0.2, 0.25) is 0 Å². The van der Waals surface area contributed by atoms with Gasteiger partial charge in [-0.15, -0.1) is 0 Å². The van der Waals surface area contributed by atoms with E-state index in [4.69, 9.17) is 22.1 Å². The molecule has 2 aromatic carbocycles. The average molecular weight is 361 g/mol. The summed E-state index contributed by atoms with van der Waals surface area (Å²) in [5.74, 6) is 0.170. The monoisotopic (exact) mass is 360 g/mol. The molecule has 2 rings (SSSR count). The second-order valence-corrected chi connectivity index (χ2v) is 6.56. The van der Waals surface area contributed by atoms with Crippen LogP contribution in [0.5, 0.6) is 5.75 Å². The predicted octanol–water partition coefficient (Wildman–Crippen LogP) is 4.00. The lowest BCUT2D eigenvalue weighted by atomic mass is 10.1. The summed E-state index contributed by atoms with van der Waals surface area (Å²) in [6.45, 7) is 5.83. The number of nitrogens with two attached hydrogens (primary N) is 1. The molecular weight excluding hydrogens is 336 g/mol. The van der Waals surface area contributed by atoms with Crippen LogP contribution < -0.4 is 10.5 Å². The molecule has 5 heteroatoms. The standard InChI is InChI=1S/C20H25ClN2O2/c1-3-15(2)23(13-17-8-4-5-10-19(17)21)12-16-7-6-9-18(11-16)25-14-20(22)24/h4-11,15H,3,12-14H2,1-2H3,(H2,22,24). The third-order valence-electron chi connectivity index (χ3n) is 4.21. The molecule has 0 fully saturated rings. The number of nitrogens with zero attached hydrogens (tertiary/aromatic N) is 1. The molecule has 0 bridgehead atoms. The first-order valence-corrected chi connectivity index (χ1v) is 8.85. The molecule has 0 aliphatic heterocycles. The van der Waals surface area contributed by atoms with Gasteiger partial charge in [-0.1, -0.05) is 48.9 Å². The summed E-state index contributed by atoms with van der Waals surface area (Å²) in [6.07, 6.45) is 1.04. The largest absolute Gasteiger partial charge is 0.484 e. The van der Waals surface area contributed by atoms with Crippen molar-refractivity contribution in [2.75, 3.05) is 6.61 Å². The summed E-state index contributed by atoms with van der Waals surface area (Å²) in [5.41, 5.74) is 7.37. The summed E-state index contributed by atoms with van der Waals surface area (Å²) >= 11 is 6.32. The van der Waals surface area contributed by atoms with E-state index < -0.39 is 5.91 Å². The van der Waals surface area contributed by atoms with E-state index in [-0.39, 0.29) is 6.61 Å². The molecule has 2 aromatic rings. The molecule has 0 aliphatic rings. The number of rotatable bonds is 9. The van der Waals surface area contributed by atoms with Gasteiger partial charge < -0.3 is 10.5 Å². The highest BCUT2D eigenvalue weighted by Crippen LogP contribution is 2.22. The molecule has 0 spiro atoms. The van der Waals surface area contributed by atoms with Crippen LogP contribution in [0, 0.1) is 0 Å². The lowest BCUT2D eigenvalue weighted by Crippen LogP contribution is -2.31. The maximum atomic E-state index is 10.9. The zero-order chi connectivity index (χ0) is 18.2. The van der Waals surface area contributed by atoms with E-state index in [1.54, 1.807) is 0 Å². The van der Waals surface area contributed by atoms with Crippen molar-refractivity contribution in [1.29, 1.82) is 0 Å². The van der Waals surface area contributed by atoms with Gasteiger partial charge in [-0.25, -0.2) is 0 Å². The minimum Gasteiger partial charge on any atom is -0.484 e. The first-order chi connectivity index (χ1) is 12.0.